The van der Waals surface area contributed by atoms with Gasteiger partial charge in [0.15, 0.2) is 0 Å². The number of non-ortho nitro benzene ring substituents is 1. The highest BCUT2D eigenvalue weighted by molar-refractivity contribution is 5.33. The summed E-state index contributed by atoms with van der Waals surface area (Å²) in [6.07, 6.45) is 4.79. The third-order valence-electron chi connectivity index (χ3n) is 3.41. The van der Waals surface area contributed by atoms with E-state index in [1.54, 1.807) is 12.1 Å². The molecule has 2 rings (SSSR count). The molecule has 0 aliphatic carbocycles. The lowest BCUT2D eigenvalue weighted by atomic mass is 10.0. The second kappa shape index (κ2) is 7.21. The number of hydrogen-bond acceptors (Lipinski definition) is 4. The van der Waals surface area contributed by atoms with Crippen molar-refractivity contribution in [3.05, 3.63) is 39.9 Å². The molecule has 104 valence electrons. The van der Waals surface area contributed by atoms with Gasteiger partial charge < -0.3 is 10.1 Å². The monoisotopic (exact) mass is 264 g/mol. The molecular formula is C14H20N2O3. The van der Waals surface area contributed by atoms with Gasteiger partial charge in [-0.2, -0.15) is 0 Å². The third kappa shape index (κ3) is 4.61. The van der Waals surface area contributed by atoms with Crippen LogP contribution in [-0.4, -0.2) is 24.1 Å². The van der Waals surface area contributed by atoms with Crippen molar-refractivity contribution in [2.75, 3.05) is 13.2 Å². The highest BCUT2D eigenvalue weighted by Crippen LogP contribution is 2.14. The normalized spacial score (nSPS) is 19.3. The topological polar surface area (TPSA) is 64.4 Å². The van der Waals surface area contributed by atoms with E-state index in [1.807, 2.05) is 6.07 Å². The Balaban J connectivity index is 1.70. The van der Waals surface area contributed by atoms with E-state index in [2.05, 4.69) is 5.32 Å². The van der Waals surface area contributed by atoms with Crippen molar-refractivity contribution in [3.63, 3.8) is 0 Å². The zero-order valence-corrected chi connectivity index (χ0v) is 11.0. The molecule has 1 aliphatic heterocycles. The minimum atomic E-state index is -0.380. The lowest BCUT2D eigenvalue weighted by Crippen LogP contribution is -2.34. The maximum absolute atomic E-state index is 10.6. The van der Waals surface area contributed by atoms with Crippen LogP contribution >= 0.6 is 0 Å². The summed E-state index contributed by atoms with van der Waals surface area (Å²) in [4.78, 5) is 10.3. The highest BCUT2D eigenvalue weighted by atomic mass is 16.6. The molecule has 0 saturated carbocycles. The van der Waals surface area contributed by atoms with Crippen LogP contribution < -0.4 is 5.32 Å². The number of ether oxygens (including phenoxy) is 1. The van der Waals surface area contributed by atoms with E-state index in [1.165, 1.54) is 25.3 Å². The second-order valence-corrected chi connectivity index (χ2v) is 4.92. The number of hydrogen-bond donors (Lipinski definition) is 1. The minimum absolute atomic E-state index is 0.120. The Bertz CT molecular complexity index is 417. The molecule has 1 saturated heterocycles. The largest absolute Gasteiger partial charge is 0.377 e. The molecule has 1 fully saturated rings. The van der Waals surface area contributed by atoms with Crippen LogP contribution in [0.5, 0.6) is 0 Å². The maximum Gasteiger partial charge on any atom is 0.269 e. The minimum Gasteiger partial charge on any atom is -0.377 e. The number of benzene rings is 1. The van der Waals surface area contributed by atoms with Crippen molar-refractivity contribution in [2.45, 2.75) is 38.3 Å². The fraction of sp³-hybridized carbons (Fsp3) is 0.571. The Morgan fingerprint density at radius 2 is 2.32 bits per heavy atom. The van der Waals surface area contributed by atoms with Gasteiger partial charge in [-0.05, 0) is 31.4 Å². The van der Waals surface area contributed by atoms with Crippen molar-refractivity contribution in [1.29, 1.82) is 0 Å². The molecule has 0 bridgehead atoms. The first kappa shape index (κ1) is 14.0. The number of rotatable bonds is 6. The Morgan fingerprint density at radius 1 is 1.42 bits per heavy atom. The summed E-state index contributed by atoms with van der Waals surface area (Å²) in [6, 6.07) is 7.18. The van der Waals surface area contributed by atoms with Crippen LogP contribution in [0.4, 0.5) is 5.69 Å². The van der Waals surface area contributed by atoms with Crippen LogP contribution in [0.15, 0.2) is 24.3 Å². The average molecular weight is 264 g/mol. The summed E-state index contributed by atoms with van der Waals surface area (Å²) in [7, 11) is 0. The van der Waals surface area contributed by atoms with Gasteiger partial charge in [-0.1, -0.05) is 18.6 Å². The molecule has 19 heavy (non-hydrogen) atoms. The fourth-order valence-electron chi connectivity index (χ4n) is 2.35. The summed E-state index contributed by atoms with van der Waals surface area (Å²) in [5, 5.41) is 14.1. The van der Waals surface area contributed by atoms with Gasteiger partial charge in [0.1, 0.15) is 0 Å². The van der Waals surface area contributed by atoms with Gasteiger partial charge in [0.25, 0.3) is 5.69 Å². The van der Waals surface area contributed by atoms with Crippen molar-refractivity contribution < 1.29 is 9.66 Å². The van der Waals surface area contributed by atoms with Gasteiger partial charge in [-0.15, -0.1) is 0 Å². The zero-order chi connectivity index (χ0) is 13.5. The second-order valence-electron chi connectivity index (χ2n) is 4.92. The quantitative estimate of drug-likeness (QED) is 0.487. The molecule has 0 aromatic heterocycles. The Morgan fingerprint density at radius 3 is 3.05 bits per heavy atom. The Labute approximate surface area is 113 Å². The number of nitro benzene ring substituents is 1. The molecule has 1 heterocycles. The first-order chi connectivity index (χ1) is 9.25. The van der Waals surface area contributed by atoms with E-state index >= 15 is 0 Å². The van der Waals surface area contributed by atoms with Crippen LogP contribution in [0, 0.1) is 10.1 Å². The number of nitrogens with one attached hydrogen (secondary N) is 1. The maximum atomic E-state index is 10.6. The van der Waals surface area contributed by atoms with Gasteiger partial charge in [-0.3, -0.25) is 10.1 Å². The molecule has 1 unspecified atom stereocenters. The molecule has 5 nitrogen and oxygen atoms in total. The van der Waals surface area contributed by atoms with Crippen molar-refractivity contribution in [3.8, 4) is 0 Å². The average Bonchev–Trinajstić information content (AvgIpc) is 2.45. The van der Waals surface area contributed by atoms with Crippen LogP contribution in [0.1, 0.15) is 31.2 Å². The zero-order valence-electron chi connectivity index (χ0n) is 11.0. The van der Waals surface area contributed by atoms with Crippen LogP contribution in [-0.2, 0) is 11.3 Å². The molecule has 0 amide bonds. The number of nitrogens with zero attached hydrogens (tertiary/aromatic N) is 1. The highest BCUT2D eigenvalue weighted by Gasteiger charge is 2.12. The fourth-order valence-corrected chi connectivity index (χ4v) is 2.35. The summed E-state index contributed by atoms with van der Waals surface area (Å²) in [5.41, 5.74) is 0.973. The summed E-state index contributed by atoms with van der Waals surface area (Å²) in [5.74, 6) is 0. The van der Waals surface area contributed by atoms with E-state index in [0.29, 0.717) is 19.3 Å². The molecule has 0 radical (unpaired) electrons. The van der Waals surface area contributed by atoms with E-state index < -0.39 is 0 Å². The molecule has 0 spiro atoms. The van der Waals surface area contributed by atoms with E-state index in [9.17, 15) is 10.1 Å². The number of piperidine rings is 1. The van der Waals surface area contributed by atoms with Crippen molar-refractivity contribution in [2.24, 2.45) is 0 Å². The predicted octanol–water partition coefficient (Wildman–Crippen LogP) is 2.64. The van der Waals surface area contributed by atoms with Crippen molar-refractivity contribution in [1.82, 2.24) is 5.32 Å². The van der Waals surface area contributed by atoms with Crippen LogP contribution in [0.25, 0.3) is 0 Å². The Hall–Kier alpha value is -1.46. The number of nitro groups is 1. The molecule has 1 aromatic carbocycles. The molecule has 1 N–H and O–H groups in total. The first-order valence-electron chi connectivity index (χ1n) is 6.80. The van der Waals surface area contributed by atoms with E-state index in [4.69, 9.17) is 4.74 Å². The van der Waals surface area contributed by atoms with Gasteiger partial charge in [0.2, 0.25) is 0 Å². The summed E-state index contributed by atoms with van der Waals surface area (Å²) >= 11 is 0. The lowest BCUT2D eigenvalue weighted by molar-refractivity contribution is -0.384. The van der Waals surface area contributed by atoms with Gasteiger partial charge in [0.05, 0.1) is 11.5 Å². The molecule has 1 atom stereocenters. The van der Waals surface area contributed by atoms with Crippen LogP contribution in [0.2, 0.25) is 0 Å². The first-order valence-corrected chi connectivity index (χ1v) is 6.80. The van der Waals surface area contributed by atoms with Crippen molar-refractivity contribution >= 4 is 5.69 Å². The molecule has 1 aromatic rings. The molecule has 5 heteroatoms. The predicted molar refractivity (Wildman–Crippen MR) is 73.0 cm³/mol. The standard InChI is InChI=1S/C14H20N2O3/c17-16(18)14-6-3-4-12(10-14)11-19-9-7-13-5-1-2-8-15-13/h3-4,6,10,13,15H,1-2,5,7-9,11H2. The Kier molecular flexibility index (Phi) is 5.30. The van der Waals surface area contributed by atoms with E-state index in [0.717, 1.165) is 18.5 Å². The van der Waals surface area contributed by atoms with Gasteiger partial charge in [0, 0.05) is 24.8 Å². The molecule has 1 aliphatic rings. The molecular weight excluding hydrogens is 244 g/mol. The lowest BCUT2D eigenvalue weighted by Gasteiger charge is -2.23. The summed E-state index contributed by atoms with van der Waals surface area (Å²) in [6.45, 7) is 2.24. The smallest absolute Gasteiger partial charge is 0.269 e. The van der Waals surface area contributed by atoms with E-state index in [-0.39, 0.29) is 10.6 Å². The SMILES string of the molecule is O=[N+]([O-])c1cccc(COCCC2CCCCN2)c1. The van der Waals surface area contributed by atoms with Gasteiger partial charge >= 0.3 is 0 Å². The van der Waals surface area contributed by atoms with Gasteiger partial charge in [-0.25, -0.2) is 0 Å². The summed E-state index contributed by atoms with van der Waals surface area (Å²) < 4.78 is 5.59. The van der Waals surface area contributed by atoms with Crippen LogP contribution in [0.3, 0.4) is 0 Å². The third-order valence-corrected chi connectivity index (χ3v) is 3.41.